The number of carbonyl (C=O) groups is 1. The molecule has 0 atom stereocenters. The van der Waals surface area contributed by atoms with Gasteiger partial charge in [0.15, 0.2) is 0 Å². The summed E-state index contributed by atoms with van der Waals surface area (Å²) in [5.41, 5.74) is 8.16. The summed E-state index contributed by atoms with van der Waals surface area (Å²) in [6.07, 6.45) is 1.04. The summed E-state index contributed by atoms with van der Waals surface area (Å²) < 4.78 is 0. The average molecular weight is 308 g/mol. The van der Waals surface area contributed by atoms with Crippen molar-refractivity contribution in [3.8, 4) is 0 Å². The van der Waals surface area contributed by atoms with Crippen LogP contribution in [0.15, 0.2) is 18.2 Å². The molecule has 0 saturated heterocycles. The van der Waals surface area contributed by atoms with E-state index in [0.29, 0.717) is 12.2 Å². The molecule has 0 saturated carbocycles. The Hall–Kier alpha value is -0.970. The Bertz CT molecular complexity index is 399. The van der Waals surface area contributed by atoms with Gasteiger partial charge in [-0.05, 0) is 44.6 Å². The molecule has 1 amide bonds. The molecule has 1 rings (SSSR count). The number of anilines is 2. The summed E-state index contributed by atoms with van der Waals surface area (Å²) in [5, 5.41) is 2.88. The molecular weight excluding hydrogens is 285 g/mol. The predicted molar refractivity (Wildman–Crippen MR) is 86.5 cm³/mol. The molecule has 0 aromatic heterocycles. The molecule has 0 spiro atoms. The molecule has 6 heteroatoms. The third kappa shape index (κ3) is 7.25. The van der Waals surface area contributed by atoms with Gasteiger partial charge in [0.2, 0.25) is 5.91 Å². The van der Waals surface area contributed by atoms with Crippen LogP contribution in [-0.4, -0.2) is 30.9 Å². The van der Waals surface area contributed by atoms with Gasteiger partial charge < -0.3 is 11.1 Å². The highest BCUT2D eigenvalue weighted by atomic mass is 35.5. The van der Waals surface area contributed by atoms with Gasteiger partial charge in [0, 0.05) is 11.4 Å². The Kier molecular flexibility index (Phi) is 10.6. The second kappa shape index (κ2) is 9.89. The molecule has 0 aliphatic rings. The number of rotatable bonds is 5. The predicted octanol–water partition coefficient (Wildman–Crippen LogP) is 2.70. The maximum absolute atomic E-state index is 11.8. The van der Waals surface area contributed by atoms with Crippen LogP contribution < -0.4 is 11.1 Å². The van der Waals surface area contributed by atoms with Crippen molar-refractivity contribution >= 4 is 42.1 Å². The lowest BCUT2D eigenvalue weighted by Crippen LogP contribution is -2.30. The summed E-state index contributed by atoms with van der Waals surface area (Å²) in [6, 6.07) is 5.52. The first-order valence-electron chi connectivity index (χ1n) is 5.87. The van der Waals surface area contributed by atoms with Crippen LogP contribution in [0.4, 0.5) is 11.4 Å². The second-order valence-electron chi connectivity index (χ2n) is 4.36. The molecule has 0 aliphatic heterocycles. The van der Waals surface area contributed by atoms with E-state index in [1.165, 1.54) is 0 Å². The van der Waals surface area contributed by atoms with Crippen molar-refractivity contribution in [1.82, 2.24) is 4.90 Å². The number of hydrogen-bond donors (Lipinski definition) is 2. The van der Waals surface area contributed by atoms with Gasteiger partial charge in [-0.1, -0.05) is 13.0 Å². The van der Waals surface area contributed by atoms with E-state index in [9.17, 15) is 4.79 Å². The van der Waals surface area contributed by atoms with Crippen molar-refractivity contribution in [2.75, 3.05) is 31.2 Å². The van der Waals surface area contributed by atoms with E-state index in [0.717, 1.165) is 24.2 Å². The first-order chi connectivity index (χ1) is 8.02. The molecule has 0 radical (unpaired) electrons. The van der Waals surface area contributed by atoms with Crippen LogP contribution in [-0.2, 0) is 4.79 Å². The number of nitrogens with two attached hydrogens (primary N) is 1. The Labute approximate surface area is 127 Å². The first-order valence-corrected chi connectivity index (χ1v) is 5.87. The maximum Gasteiger partial charge on any atom is 0.238 e. The van der Waals surface area contributed by atoms with Gasteiger partial charge >= 0.3 is 0 Å². The Morgan fingerprint density at radius 1 is 1.37 bits per heavy atom. The topological polar surface area (TPSA) is 58.4 Å². The van der Waals surface area contributed by atoms with Crippen LogP contribution in [0.3, 0.4) is 0 Å². The van der Waals surface area contributed by atoms with E-state index in [1.54, 1.807) is 6.07 Å². The molecule has 4 nitrogen and oxygen atoms in total. The fraction of sp³-hybridized carbons (Fsp3) is 0.462. The summed E-state index contributed by atoms with van der Waals surface area (Å²) in [6.45, 7) is 5.37. The molecule has 0 heterocycles. The SMILES string of the molecule is CCCN(C)CC(=O)Nc1cc(N)ccc1C.Cl.Cl. The molecule has 110 valence electrons. The summed E-state index contributed by atoms with van der Waals surface area (Å²) in [4.78, 5) is 13.8. The van der Waals surface area contributed by atoms with E-state index in [-0.39, 0.29) is 30.7 Å². The first kappa shape index (κ1) is 20.3. The zero-order valence-electron chi connectivity index (χ0n) is 11.6. The lowest BCUT2D eigenvalue weighted by Gasteiger charge is -2.15. The number of nitrogen functional groups attached to an aromatic ring is 1. The lowest BCUT2D eigenvalue weighted by molar-refractivity contribution is -0.117. The van der Waals surface area contributed by atoms with Crippen LogP contribution in [0.2, 0.25) is 0 Å². The van der Waals surface area contributed by atoms with Crippen molar-refractivity contribution in [3.63, 3.8) is 0 Å². The van der Waals surface area contributed by atoms with Gasteiger partial charge in [0.1, 0.15) is 0 Å². The average Bonchev–Trinajstić information content (AvgIpc) is 2.23. The van der Waals surface area contributed by atoms with Crippen molar-refractivity contribution in [2.24, 2.45) is 0 Å². The highest BCUT2D eigenvalue weighted by molar-refractivity contribution is 5.93. The lowest BCUT2D eigenvalue weighted by atomic mass is 10.2. The number of nitrogens with zero attached hydrogens (tertiary/aromatic N) is 1. The Morgan fingerprint density at radius 3 is 2.58 bits per heavy atom. The number of halogens is 2. The van der Waals surface area contributed by atoms with Gasteiger partial charge in [0.05, 0.1) is 6.54 Å². The smallest absolute Gasteiger partial charge is 0.238 e. The van der Waals surface area contributed by atoms with Crippen molar-refractivity contribution in [3.05, 3.63) is 23.8 Å². The van der Waals surface area contributed by atoms with Gasteiger partial charge in [-0.3, -0.25) is 9.69 Å². The van der Waals surface area contributed by atoms with E-state index in [4.69, 9.17) is 5.73 Å². The number of nitrogens with one attached hydrogen (secondary N) is 1. The molecule has 1 aromatic carbocycles. The van der Waals surface area contributed by atoms with Gasteiger partial charge in [-0.15, -0.1) is 24.8 Å². The number of likely N-dealkylation sites (N-methyl/N-ethyl adjacent to an activating group) is 1. The quantitative estimate of drug-likeness (QED) is 0.822. The van der Waals surface area contributed by atoms with Crippen LogP contribution in [0.25, 0.3) is 0 Å². The van der Waals surface area contributed by atoms with E-state index in [1.807, 2.05) is 31.0 Å². The number of hydrogen-bond acceptors (Lipinski definition) is 3. The molecule has 0 fully saturated rings. The molecule has 0 bridgehead atoms. The van der Waals surface area contributed by atoms with Crippen LogP contribution in [0.5, 0.6) is 0 Å². The normalized spacial score (nSPS) is 9.47. The number of amides is 1. The summed E-state index contributed by atoms with van der Waals surface area (Å²) >= 11 is 0. The number of carbonyl (C=O) groups excluding carboxylic acids is 1. The van der Waals surface area contributed by atoms with E-state index < -0.39 is 0 Å². The van der Waals surface area contributed by atoms with Crippen LogP contribution in [0.1, 0.15) is 18.9 Å². The molecule has 3 N–H and O–H groups in total. The minimum absolute atomic E-state index is 0. The molecular formula is C13H23Cl2N3O. The highest BCUT2D eigenvalue weighted by Gasteiger charge is 2.07. The number of benzene rings is 1. The van der Waals surface area contributed by atoms with Crippen molar-refractivity contribution in [1.29, 1.82) is 0 Å². The molecule has 0 unspecified atom stereocenters. The van der Waals surface area contributed by atoms with Crippen LogP contribution in [0, 0.1) is 6.92 Å². The minimum atomic E-state index is -0.00495. The maximum atomic E-state index is 11.8. The zero-order chi connectivity index (χ0) is 12.8. The van der Waals surface area contributed by atoms with E-state index >= 15 is 0 Å². The van der Waals surface area contributed by atoms with Crippen molar-refractivity contribution < 1.29 is 4.79 Å². The molecule has 19 heavy (non-hydrogen) atoms. The monoisotopic (exact) mass is 307 g/mol. The van der Waals surface area contributed by atoms with Gasteiger partial charge in [-0.25, -0.2) is 0 Å². The second-order valence-corrected chi connectivity index (χ2v) is 4.36. The standard InChI is InChI=1S/C13H21N3O.2ClH/c1-4-7-16(3)9-13(17)15-12-8-11(14)6-5-10(12)2;;/h5-6,8H,4,7,9,14H2,1-3H3,(H,15,17);2*1H. The molecule has 0 aliphatic carbocycles. The number of aryl methyl sites for hydroxylation is 1. The summed E-state index contributed by atoms with van der Waals surface area (Å²) in [5.74, 6) is -0.00495. The summed E-state index contributed by atoms with van der Waals surface area (Å²) in [7, 11) is 1.94. The fourth-order valence-corrected chi connectivity index (χ4v) is 1.67. The van der Waals surface area contributed by atoms with Gasteiger partial charge in [-0.2, -0.15) is 0 Å². The Balaban J connectivity index is 0. The largest absolute Gasteiger partial charge is 0.399 e. The minimum Gasteiger partial charge on any atom is -0.399 e. The fourth-order valence-electron chi connectivity index (χ4n) is 1.67. The van der Waals surface area contributed by atoms with Gasteiger partial charge in [0.25, 0.3) is 0 Å². The zero-order valence-corrected chi connectivity index (χ0v) is 13.2. The molecule has 1 aromatic rings. The van der Waals surface area contributed by atoms with Crippen molar-refractivity contribution in [2.45, 2.75) is 20.3 Å². The third-order valence-corrected chi connectivity index (χ3v) is 2.55. The highest BCUT2D eigenvalue weighted by Crippen LogP contribution is 2.17. The van der Waals surface area contributed by atoms with Crippen LogP contribution >= 0.6 is 24.8 Å². The van der Waals surface area contributed by atoms with E-state index in [2.05, 4.69) is 12.2 Å². The third-order valence-electron chi connectivity index (χ3n) is 2.55. The Morgan fingerprint density at radius 2 is 2.00 bits per heavy atom.